The molecule has 2 aromatic rings. The van der Waals surface area contributed by atoms with E-state index in [1.54, 1.807) is 42.5 Å². The molecule has 28 heavy (non-hydrogen) atoms. The fourth-order valence-corrected chi connectivity index (χ4v) is 2.92. The van der Waals surface area contributed by atoms with E-state index in [2.05, 4.69) is 5.32 Å². The molecule has 4 amide bonds. The first-order chi connectivity index (χ1) is 13.6. The van der Waals surface area contributed by atoms with E-state index in [0.29, 0.717) is 35.1 Å². The van der Waals surface area contributed by atoms with Gasteiger partial charge in [0.05, 0.1) is 12.3 Å². The summed E-state index contributed by atoms with van der Waals surface area (Å²) < 4.78 is 15.9. The SMILES string of the molecule is CCOc1ccc(N2C(=O)NC(=O)/C(=C\c3ccc4c(c3)OCO4)C2=O)cc1. The third-order valence-corrected chi connectivity index (χ3v) is 4.22. The molecule has 0 spiro atoms. The molecular formula is C20H16N2O6. The molecule has 2 heterocycles. The molecule has 8 nitrogen and oxygen atoms in total. The maximum absolute atomic E-state index is 12.9. The maximum atomic E-state index is 12.9. The van der Waals surface area contributed by atoms with Crippen molar-refractivity contribution in [3.63, 3.8) is 0 Å². The van der Waals surface area contributed by atoms with Gasteiger partial charge in [0.15, 0.2) is 11.5 Å². The van der Waals surface area contributed by atoms with Crippen LogP contribution in [0.2, 0.25) is 0 Å². The van der Waals surface area contributed by atoms with Gasteiger partial charge in [-0.3, -0.25) is 14.9 Å². The molecular weight excluding hydrogens is 364 g/mol. The minimum atomic E-state index is -0.804. The highest BCUT2D eigenvalue weighted by Crippen LogP contribution is 2.33. The van der Waals surface area contributed by atoms with E-state index in [9.17, 15) is 14.4 Å². The number of fused-ring (bicyclic) bond motifs is 1. The van der Waals surface area contributed by atoms with Gasteiger partial charge >= 0.3 is 6.03 Å². The number of ether oxygens (including phenoxy) is 3. The number of rotatable bonds is 4. The minimum absolute atomic E-state index is 0.120. The topological polar surface area (TPSA) is 94.2 Å². The van der Waals surface area contributed by atoms with Gasteiger partial charge in [0, 0.05) is 0 Å². The molecule has 2 aromatic carbocycles. The monoisotopic (exact) mass is 380 g/mol. The van der Waals surface area contributed by atoms with Crippen molar-refractivity contribution in [2.45, 2.75) is 6.92 Å². The Morgan fingerprint density at radius 3 is 2.57 bits per heavy atom. The van der Waals surface area contributed by atoms with Crippen LogP contribution < -0.4 is 24.4 Å². The molecule has 0 aromatic heterocycles. The number of benzene rings is 2. The summed E-state index contributed by atoms with van der Waals surface area (Å²) >= 11 is 0. The number of hydrogen-bond donors (Lipinski definition) is 1. The summed E-state index contributed by atoms with van der Waals surface area (Å²) in [6.45, 7) is 2.47. The van der Waals surface area contributed by atoms with E-state index in [4.69, 9.17) is 14.2 Å². The number of urea groups is 1. The molecule has 0 unspecified atom stereocenters. The first kappa shape index (κ1) is 17.6. The highest BCUT2D eigenvalue weighted by atomic mass is 16.7. The van der Waals surface area contributed by atoms with Crippen molar-refractivity contribution < 1.29 is 28.6 Å². The lowest BCUT2D eigenvalue weighted by Crippen LogP contribution is -2.54. The number of barbiturate groups is 1. The predicted octanol–water partition coefficient (Wildman–Crippen LogP) is 2.48. The molecule has 2 aliphatic heterocycles. The Hall–Kier alpha value is -3.81. The third-order valence-electron chi connectivity index (χ3n) is 4.22. The van der Waals surface area contributed by atoms with Crippen LogP contribution >= 0.6 is 0 Å². The van der Waals surface area contributed by atoms with Gasteiger partial charge in [-0.2, -0.15) is 0 Å². The molecule has 4 rings (SSSR count). The molecule has 0 saturated carbocycles. The van der Waals surface area contributed by atoms with Crippen LogP contribution in [-0.2, 0) is 9.59 Å². The molecule has 0 atom stereocenters. The third kappa shape index (κ3) is 3.16. The lowest BCUT2D eigenvalue weighted by Gasteiger charge is -2.26. The lowest BCUT2D eigenvalue weighted by molar-refractivity contribution is -0.122. The van der Waals surface area contributed by atoms with E-state index in [1.165, 1.54) is 6.08 Å². The van der Waals surface area contributed by atoms with Gasteiger partial charge < -0.3 is 14.2 Å². The quantitative estimate of drug-likeness (QED) is 0.647. The van der Waals surface area contributed by atoms with Crippen molar-refractivity contribution in [3.05, 3.63) is 53.6 Å². The number of amides is 4. The molecule has 2 aliphatic rings. The molecule has 0 bridgehead atoms. The summed E-state index contributed by atoms with van der Waals surface area (Å²) in [4.78, 5) is 38.3. The molecule has 0 aliphatic carbocycles. The molecule has 1 N–H and O–H groups in total. The van der Waals surface area contributed by atoms with E-state index >= 15 is 0 Å². The largest absolute Gasteiger partial charge is 0.494 e. The Labute approximate surface area is 160 Å². The van der Waals surface area contributed by atoms with E-state index in [-0.39, 0.29) is 12.4 Å². The van der Waals surface area contributed by atoms with Crippen LogP contribution in [0.5, 0.6) is 17.2 Å². The fourth-order valence-electron chi connectivity index (χ4n) is 2.92. The van der Waals surface area contributed by atoms with Gasteiger partial charge in [-0.1, -0.05) is 6.07 Å². The summed E-state index contributed by atoms with van der Waals surface area (Å²) in [6, 6.07) is 10.7. The number of carbonyl (C=O) groups is 3. The van der Waals surface area contributed by atoms with Crippen LogP contribution in [-0.4, -0.2) is 31.2 Å². The second-order valence-corrected chi connectivity index (χ2v) is 6.00. The summed E-state index contributed by atoms with van der Waals surface area (Å²) in [5, 5.41) is 2.19. The van der Waals surface area contributed by atoms with Crippen molar-refractivity contribution in [2.75, 3.05) is 18.3 Å². The zero-order chi connectivity index (χ0) is 19.7. The Bertz CT molecular complexity index is 996. The molecule has 8 heteroatoms. The van der Waals surface area contributed by atoms with Gasteiger partial charge in [-0.15, -0.1) is 0 Å². The van der Waals surface area contributed by atoms with E-state index in [1.807, 2.05) is 6.92 Å². The number of nitrogens with one attached hydrogen (secondary N) is 1. The molecule has 142 valence electrons. The number of imide groups is 2. The van der Waals surface area contributed by atoms with Crippen molar-refractivity contribution in [2.24, 2.45) is 0 Å². The van der Waals surface area contributed by atoms with Gasteiger partial charge in [-0.05, 0) is 55.0 Å². The van der Waals surface area contributed by atoms with Crippen LogP contribution in [0.25, 0.3) is 6.08 Å². The first-order valence-electron chi connectivity index (χ1n) is 8.61. The average molecular weight is 380 g/mol. The standard InChI is InChI=1S/C20H16N2O6/c1-2-26-14-6-4-13(5-7-14)22-19(24)15(18(23)21-20(22)25)9-12-3-8-16-17(10-12)28-11-27-16/h3-10H,2,11H2,1H3,(H,21,23,25)/b15-9+. The highest BCUT2D eigenvalue weighted by molar-refractivity contribution is 6.39. The summed E-state index contributed by atoms with van der Waals surface area (Å²) in [6.07, 6.45) is 1.41. The van der Waals surface area contributed by atoms with Crippen molar-refractivity contribution >= 4 is 29.6 Å². The highest BCUT2D eigenvalue weighted by Gasteiger charge is 2.36. The van der Waals surface area contributed by atoms with Crippen LogP contribution in [0.4, 0.5) is 10.5 Å². The summed E-state index contributed by atoms with van der Waals surface area (Å²) in [5.41, 5.74) is 0.742. The predicted molar refractivity (Wildman–Crippen MR) is 99.2 cm³/mol. The van der Waals surface area contributed by atoms with Crippen LogP contribution in [0.3, 0.4) is 0 Å². The number of nitrogens with zero attached hydrogens (tertiary/aromatic N) is 1. The van der Waals surface area contributed by atoms with Crippen LogP contribution in [0.15, 0.2) is 48.0 Å². The van der Waals surface area contributed by atoms with Crippen molar-refractivity contribution in [1.29, 1.82) is 0 Å². The summed E-state index contributed by atoms with van der Waals surface area (Å²) in [7, 11) is 0. The van der Waals surface area contributed by atoms with E-state index in [0.717, 1.165) is 4.90 Å². The van der Waals surface area contributed by atoms with Gasteiger partial charge in [0.1, 0.15) is 11.3 Å². The zero-order valence-electron chi connectivity index (χ0n) is 14.9. The van der Waals surface area contributed by atoms with Crippen molar-refractivity contribution in [1.82, 2.24) is 5.32 Å². The lowest BCUT2D eigenvalue weighted by atomic mass is 10.1. The zero-order valence-corrected chi connectivity index (χ0v) is 14.9. The van der Waals surface area contributed by atoms with E-state index < -0.39 is 17.8 Å². The number of anilines is 1. The normalized spacial score (nSPS) is 17.1. The van der Waals surface area contributed by atoms with Crippen LogP contribution in [0, 0.1) is 0 Å². The Morgan fingerprint density at radius 2 is 1.82 bits per heavy atom. The van der Waals surface area contributed by atoms with Crippen LogP contribution in [0.1, 0.15) is 12.5 Å². The second kappa shape index (κ2) is 7.07. The Kier molecular flexibility index (Phi) is 4.44. The van der Waals surface area contributed by atoms with Gasteiger partial charge in [0.2, 0.25) is 6.79 Å². The average Bonchev–Trinajstić information content (AvgIpc) is 3.14. The van der Waals surface area contributed by atoms with Crippen molar-refractivity contribution in [3.8, 4) is 17.2 Å². The second-order valence-electron chi connectivity index (χ2n) is 6.00. The Morgan fingerprint density at radius 1 is 1.07 bits per heavy atom. The molecule has 0 radical (unpaired) electrons. The molecule has 1 saturated heterocycles. The van der Waals surface area contributed by atoms with Gasteiger partial charge in [0.25, 0.3) is 11.8 Å². The smallest absolute Gasteiger partial charge is 0.335 e. The van der Waals surface area contributed by atoms with Gasteiger partial charge in [-0.25, -0.2) is 9.69 Å². The fraction of sp³-hybridized carbons (Fsp3) is 0.150. The Balaban J connectivity index is 1.66. The first-order valence-corrected chi connectivity index (χ1v) is 8.61. The molecule has 1 fully saturated rings. The number of hydrogen-bond acceptors (Lipinski definition) is 6. The summed E-state index contributed by atoms with van der Waals surface area (Å²) in [5.74, 6) is 0.263. The maximum Gasteiger partial charge on any atom is 0.335 e. The minimum Gasteiger partial charge on any atom is -0.494 e. The number of carbonyl (C=O) groups excluding carboxylic acids is 3.